The summed E-state index contributed by atoms with van der Waals surface area (Å²) in [6.45, 7) is 1.85. The highest BCUT2D eigenvalue weighted by atomic mass is 32.2. The van der Waals surface area contributed by atoms with E-state index in [1.807, 2.05) is 12.3 Å². The number of benzene rings is 2. The van der Waals surface area contributed by atoms with Crippen LogP contribution in [0.2, 0.25) is 0 Å². The molecule has 3 rings (SSSR count). The minimum absolute atomic E-state index is 0.0887. The summed E-state index contributed by atoms with van der Waals surface area (Å²) in [4.78, 5) is 41.4. The van der Waals surface area contributed by atoms with E-state index >= 15 is 0 Å². The molecule has 2 N–H and O–H groups in total. The molecule has 150 valence electrons. The molecule has 0 radical (unpaired) electrons. The molecule has 0 saturated carbocycles. The van der Waals surface area contributed by atoms with Crippen molar-refractivity contribution < 1.29 is 10.0 Å². The number of rotatable bonds is 5. The predicted octanol–water partition coefficient (Wildman–Crippen LogP) is 2.77. The number of nitro benzene ring substituents is 1. The van der Waals surface area contributed by atoms with E-state index in [1.165, 1.54) is 18.2 Å². The molecule has 0 amide bonds. The van der Waals surface area contributed by atoms with E-state index in [2.05, 4.69) is 9.98 Å². The molecular weight excluding hydrogens is 410 g/mol. The molecule has 2 aromatic carbocycles. The van der Waals surface area contributed by atoms with Crippen molar-refractivity contribution in [2.45, 2.75) is 11.8 Å². The average Bonchev–Trinajstić information content (AvgIpc) is 2.70. The molecule has 0 saturated heterocycles. The molecule has 1 heterocycles. The fourth-order valence-corrected chi connectivity index (χ4v) is 3.01. The Morgan fingerprint density at radius 2 is 1.97 bits per heavy atom. The number of H-pyrrole nitrogens is 1. The van der Waals surface area contributed by atoms with Gasteiger partial charge in [-0.1, -0.05) is 17.7 Å². The van der Waals surface area contributed by atoms with Gasteiger partial charge in [-0.05, 0) is 43.0 Å². The van der Waals surface area contributed by atoms with Gasteiger partial charge in [0.05, 0.1) is 10.6 Å². The number of thioether (sulfide) groups is 1. The largest absolute Gasteiger partial charge is 0.493 e. The third kappa shape index (κ3) is 4.13. The minimum atomic E-state index is -0.899. The molecule has 1 aromatic heterocycles. The van der Waals surface area contributed by atoms with Gasteiger partial charge in [0.2, 0.25) is 5.88 Å². The zero-order valence-corrected chi connectivity index (χ0v) is 16.2. The predicted molar refractivity (Wildman–Crippen MR) is 111 cm³/mol. The molecule has 30 heavy (non-hydrogen) atoms. The van der Waals surface area contributed by atoms with Gasteiger partial charge in [-0.3, -0.25) is 19.9 Å². The Hall–Kier alpha value is -4.17. The van der Waals surface area contributed by atoms with Gasteiger partial charge < -0.3 is 5.11 Å². The van der Waals surface area contributed by atoms with Crippen molar-refractivity contribution in [1.29, 1.82) is 5.26 Å². The van der Waals surface area contributed by atoms with Crippen molar-refractivity contribution in [1.82, 2.24) is 9.55 Å². The number of nitrogens with zero attached hydrogens (tertiary/aromatic N) is 4. The summed E-state index contributed by atoms with van der Waals surface area (Å²) in [5, 5.41) is 32.4. The number of hydrogen-bond donors (Lipinski definition) is 2. The Balaban J connectivity index is 2.11. The van der Waals surface area contributed by atoms with Crippen LogP contribution in [-0.2, 0) is 0 Å². The second kappa shape index (κ2) is 8.46. The van der Waals surface area contributed by atoms with E-state index in [4.69, 9.17) is 5.26 Å². The molecule has 0 unspecified atom stereocenters. The van der Waals surface area contributed by atoms with E-state index in [1.54, 1.807) is 24.3 Å². The summed E-state index contributed by atoms with van der Waals surface area (Å²) in [6, 6.07) is 10.6. The van der Waals surface area contributed by atoms with Crippen LogP contribution in [0.3, 0.4) is 0 Å². The Morgan fingerprint density at radius 3 is 2.60 bits per heavy atom. The number of nitrogens with one attached hydrogen (secondary N) is 1. The first kappa shape index (κ1) is 20.6. The summed E-state index contributed by atoms with van der Waals surface area (Å²) in [5.41, 5.74) is -1.31. The molecule has 11 heteroatoms. The normalized spacial score (nSPS) is 10.8. The third-order valence-corrected chi connectivity index (χ3v) is 4.63. The molecule has 0 fully saturated rings. The van der Waals surface area contributed by atoms with Crippen molar-refractivity contribution in [2.75, 3.05) is 0 Å². The molecule has 10 nitrogen and oxygen atoms in total. The summed E-state index contributed by atoms with van der Waals surface area (Å²) in [7, 11) is 0. The lowest BCUT2D eigenvalue weighted by molar-refractivity contribution is -0.384. The van der Waals surface area contributed by atoms with E-state index in [-0.39, 0.29) is 16.9 Å². The van der Waals surface area contributed by atoms with E-state index < -0.39 is 22.1 Å². The number of nitro groups is 1. The fourth-order valence-electron chi connectivity index (χ4n) is 2.60. The van der Waals surface area contributed by atoms with Crippen LogP contribution in [0.1, 0.15) is 11.1 Å². The van der Waals surface area contributed by atoms with Crippen LogP contribution < -0.4 is 11.2 Å². The smallest absolute Gasteiger partial charge is 0.335 e. The van der Waals surface area contributed by atoms with Gasteiger partial charge in [0, 0.05) is 17.2 Å². The minimum Gasteiger partial charge on any atom is -0.493 e. The molecule has 0 atom stereocenters. The van der Waals surface area contributed by atoms with Crippen LogP contribution in [0.4, 0.5) is 11.4 Å². The van der Waals surface area contributed by atoms with Crippen LogP contribution in [-0.4, -0.2) is 25.8 Å². The van der Waals surface area contributed by atoms with Gasteiger partial charge in [0.1, 0.15) is 16.7 Å². The molecule has 0 bridgehead atoms. The van der Waals surface area contributed by atoms with Gasteiger partial charge in [-0.25, -0.2) is 14.4 Å². The lowest BCUT2D eigenvalue weighted by Gasteiger charge is -2.09. The monoisotopic (exact) mass is 423 g/mol. The van der Waals surface area contributed by atoms with Crippen LogP contribution in [0.5, 0.6) is 5.88 Å². The van der Waals surface area contributed by atoms with Gasteiger partial charge in [-0.15, -0.1) is 0 Å². The maximum atomic E-state index is 12.2. The SMILES string of the molecule is Cc1ccc(-n2c(O)c(C=Nc3ccc(SC#N)cc3[N+](=O)[O-])c(=O)[nH]c2=O)cc1. The third-order valence-electron chi connectivity index (χ3n) is 4.05. The number of thiocyanates is 1. The number of aromatic hydroxyl groups is 1. The molecule has 0 aliphatic carbocycles. The molecule has 0 aliphatic rings. The lowest BCUT2D eigenvalue weighted by atomic mass is 10.2. The van der Waals surface area contributed by atoms with Crippen LogP contribution in [0, 0.1) is 27.7 Å². The average molecular weight is 423 g/mol. The number of hydrogen-bond acceptors (Lipinski definition) is 8. The van der Waals surface area contributed by atoms with Crippen molar-refractivity contribution >= 4 is 29.4 Å². The summed E-state index contributed by atoms with van der Waals surface area (Å²) in [5.74, 6) is -0.657. The zero-order valence-electron chi connectivity index (χ0n) is 15.4. The van der Waals surface area contributed by atoms with Gasteiger partial charge in [0.15, 0.2) is 0 Å². The molecular formula is C19H13N5O5S. The maximum absolute atomic E-state index is 12.2. The number of aliphatic imine (C=N–C) groups is 1. The Bertz CT molecular complexity index is 1320. The Kier molecular flexibility index (Phi) is 5.80. The van der Waals surface area contributed by atoms with Crippen LogP contribution in [0.15, 0.2) is 61.9 Å². The highest BCUT2D eigenvalue weighted by Crippen LogP contribution is 2.32. The summed E-state index contributed by atoms with van der Waals surface area (Å²) < 4.78 is 0.892. The van der Waals surface area contributed by atoms with E-state index in [0.717, 1.165) is 28.1 Å². The maximum Gasteiger partial charge on any atom is 0.335 e. The Morgan fingerprint density at radius 1 is 1.27 bits per heavy atom. The lowest BCUT2D eigenvalue weighted by Crippen LogP contribution is -2.31. The molecule has 0 aliphatic heterocycles. The van der Waals surface area contributed by atoms with Crippen LogP contribution in [0.25, 0.3) is 5.69 Å². The standard InChI is InChI=1S/C19H13N5O5S/c1-11-2-4-12(5-3-11)23-18(26)14(17(25)22-19(23)27)9-21-15-7-6-13(30-10-20)8-16(15)24(28)29/h2-9,26H,1H3,(H,22,25,27). The summed E-state index contributed by atoms with van der Waals surface area (Å²) >= 11 is 0.753. The first-order valence-electron chi connectivity index (χ1n) is 8.35. The number of aryl methyl sites for hydroxylation is 1. The van der Waals surface area contributed by atoms with E-state index in [9.17, 15) is 24.8 Å². The highest BCUT2D eigenvalue weighted by molar-refractivity contribution is 8.03. The van der Waals surface area contributed by atoms with Crippen molar-refractivity contribution in [3.63, 3.8) is 0 Å². The number of aromatic nitrogens is 2. The van der Waals surface area contributed by atoms with Crippen molar-refractivity contribution in [3.05, 3.63) is 84.5 Å². The first-order valence-corrected chi connectivity index (χ1v) is 9.17. The summed E-state index contributed by atoms with van der Waals surface area (Å²) in [6.07, 6.45) is 0.942. The van der Waals surface area contributed by atoms with E-state index in [0.29, 0.717) is 10.6 Å². The number of nitriles is 1. The van der Waals surface area contributed by atoms with Gasteiger partial charge >= 0.3 is 5.69 Å². The van der Waals surface area contributed by atoms with Gasteiger partial charge in [-0.2, -0.15) is 5.26 Å². The second-order valence-electron chi connectivity index (χ2n) is 6.03. The number of aromatic amines is 1. The van der Waals surface area contributed by atoms with Crippen molar-refractivity contribution in [2.24, 2.45) is 4.99 Å². The van der Waals surface area contributed by atoms with Crippen molar-refractivity contribution in [3.8, 4) is 17.0 Å². The second-order valence-corrected chi connectivity index (χ2v) is 6.88. The topological polar surface area (TPSA) is 154 Å². The first-order chi connectivity index (χ1) is 14.3. The fraction of sp³-hybridized carbons (Fsp3) is 0.0526. The highest BCUT2D eigenvalue weighted by Gasteiger charge is 2.17. The molecule has 0 spiro atoms. The van der Waals surface area contributed by atoms with Crippen LogP contribution >= 0.6 is 11.8 Å². The zero-order chi connectivity index (χ0) is 21.8. The molecule has 3 aromatic rings. The Labute approximate surface area is 172 Å². The quantitative estimate of drug-likeness (QED) is 0.210. The van der Waals surface area contributed by atoms with Gasteiger partial charge in [0.25, 0.3) is 11.2 Å².